The molecule has 1 unspecified atom stereocenters. The van der Waals surface area contributed by atoms with Crippen molar-refractivity contribution in [3.8, 4) is 17.2 Å². The first-order valence-electron chi connectivity index (χ1n) is 9.75. The van der Waals surface area contributed by atoms with Crippen LogP contribution >= 0.6 is 11.3 Å². The smallest absolute Gasteiger partial charge is 0.273 e. The summed E-state index contributed by atoms with van der Waals surface area (Å²) in [7, 11) is 1.61. The van der Waals surface area contributed by atoms with Crippen LogP contribution in [-0.2, 0) is 11.3 Å². The molecule has 5 rings (SSSR count). The van der Waals surface area contributed by atoms with Crippen molar-refractivity contribution in [3.63, 3.8) is 0 Å². The highest BCUT2D eigenvalue weighted by Crippen LogP contribution is 2.36. The minimum atomic E-state index is -0.777. The van der Waals surface area contributed by atoms with Crippen LogP contribution in [0.5, 0.6) is 17.2 Å². The minimum Gasteiger partial charge on any atom is -0.494 e. The summed E-state index contributed by atoms with van der Waals surface area (Å²) in [6.45, 7) is 0.448. The van der Waals surface area contributed by atoms with Crippen molar-refractivity contribution in [2.75, 3.05) is 18.6 Å². The third-order valence-corrected chi connectivity index (χ3v) is 5.98. The van der Waals surface area contributed by atoms with Gasteiger partial charge in [0.2, 0.25) is 6.10 Å². The van der Waals surface area contributed by atoms with Gasteiger partial charge in [-0.2, -0.15) is 0 Å². The van der Waals surface area contributed by atoms with Gasteiger partial charge < -0.3 is 14.2 Å². The minimum absolute atomic E-state index is 0.133. The zero-order chi connectivity index (χ0) is 21.2. The van der Waals surface area contributed by atoms with Crippen molar-refractivity contribution in [2.45, 2.75) is 12.6 Å². The number of benzene rings is 2. The monoisotopic (exact) mass is 433 g/mol. The summed E-state index contributed by atoms with van der Waals surface area (Å²) in [6, 6.07) is 16.8. The van der Waals surface area contributed by atoms with E-state index in [0.29, 0.717) is 28.9 Å². The Labute approximate surface area is 182 Å². The topological polar surface area (TPSA) is 73.8 Å². The van der Waals surface area contributed by atoms with Gasteiger partial charge in [-0.05, 0) is 35.9 Å². The number of hydrogen-bond donors (Lipinski definition) is 0. The van der Waals surface area contributed by atoms with E-state index in [1.54, 1.807) is 30.5 Å². The van der Waals surface area contributed by atoms with E-state index < -0.39 is 6.10 Å². The van der Waals surface area contributed by atoms with E-state index in [2.05, 4.69) is 4.98 Å². The Balaban J connectivity index is 1.51. The van der Waals surface area contributed by atoms with Crippen LogP contribution in [0.2, 0.25) is 0 Å². The highest BCUT2D eigenvalue weighted by Gasteiger charge is 2.33. The molecule has 8 heteroatoms. The normalized spacial score (nSPS) is 14.9. The Hall–Kier alpha value is -3.65. The van der Waals surface area contributed by atoms with Gasteiger partial charge in [0, 0.05) is 12.4 Å². The first kappa shape index (κ1) is 19.3. The number of hydrogen-bond acceptors (Lipinski definition) is 7. The summed E-state index contributed by atoms with van der Waals surface area (Å²) in [5.41, 5.74) is 1.61. The van der Waals surface area contributed by atoms with Crippen molar-refractivity contribution in [3.05, 3.63) is 72.6 Å². The van der Waals surface area contributed by atoms with Crippen LogP contribution in [0.25, 0.3) is 10.2 Å². The molecule has 1 amide bonds. The quantitative estimate of drug-likeness (QED) is 0.472. The maximum Gasteiger partial charge on any atom is 0.273 e. The molecular formula is C23H19N3O4S. The van der Waals surface area contributed by atoms with Gasteiger partial charge in [0.15, 0.2) is 16.6 Å². The summed E-state index contributed by atoms with van der Waals surface area (Å²) in [4.78, 5) is 24.1. The highest BCUT2D eigenvalue weighted by atomic mass is 32.1. The first-order chi connectivity index (χ1) is 15.2. The molecule has 1 aliphatic rings. The molecule has 0 radical (unpaired) electrons. The van der Waals surface area contributed by atoms with E-state index >= 15 is 0 Å². The molecule has 0 saturated heterocycles. The number of aromatic nitrogens is 2. The molecule has 0 spiro atoms. The molecule has 31 heavy (non-hydrogen) atoms. The fourth-order valence-electron chi connectivity index (χ4n) is 3.42. The lowest BCUT2D eigenvalue weighted by Crippen LogP contribution is -2.46. The number of fused-ring (bicyclic) bond motifs is 2. The van der Waals surface area contributed by atoms with Crippen LogP contribution in [0.4, 0.5) is 5.13 Å². The molecule has 3 heterocycles. The van der Waals surface area contributed by atoms with Crippen molar-refractivity contribution in [2.24, 2.45) is 0 Å². The zero-order valence-electron chi connectivity index (χ0n) is 16.7. The molecule has 2 aromatic heterocycles. The maximum absolute atomic E-state index is 13.6. The van der Waals surface area contributed by atoms with Gasteiger partial charge in [0.25, 0.3) is 5.91 Å². The number of carbonyl (C=O) groups excluding carboxylic acids is 1. The lowest BCUT2D eigenvalue weighted by molar-refractivity contribution is -0.127. The number of para-hydroxylation sites is 3. The Morgan fingerprint density at radius 2 is 2.03 bits per heavy atom. The summed E-state index contributed by atoms with van der Waals surface area (Å²) >= 11 is 1.43. The van der Waals surface area contributed by atoms with Gasteiger partial charge in [-0.15, -0.1) is 0 Å². The Morgan fingerprint density at radius 3 is 2.84 bits per heavy atom. The second-order valence-corrected chi connectivity index (χ2v) is 7.96. The largest absolute Gasteiger partial charge is 0.494 e. The molecular weight excluding hydrogens is 414 g/mol. The number of rotatable bonds is 5. The van der Waals surface area contributed by atoms with Crippen molar-refractivity contribution < 1.29 is 19.0 Å². The molecule has 0 N–H and O–H groups in total. The van der Waals surface area contributed by atoms with Crippen LogP contribution in [-0.4, -0.2) is 35.7 Å². The van der Waals surface area contributed by atoms with Gasteiger partial charge >= 0.3 is 0 Å². The summed E-state index contributed by atoms with van der Waals surface area (Å²) in [5, 5.41) is 0.566. The number of anilines is 1. The predicted molar refractivity (Wildman–Crippen MR) is 118 cm³/mol. The summed E-state index contributed by atoms with van der Waals surface area (Å²) in [5.74, 6) is 1.63. The van der Waals surface area contributed by atoms with E-state index in [-0.39, 0.29) is 12.5 Å². The standard InChI is InChI=1S/C23H19N3O4S/c1-28-18-9-4-10-20-21(18)25-23(31-20)26(13-15-6-5-11-24-12-15)22(27)19-14-29-16-7-2-3-8-17(16)30-19/h2-12,19H,13-14H2,1H3. The average molecular weight is 433 g/mol. The number of amides is 1. The van der Waals surface area contributed by atoms with Crippen molar-refractivity contribution >= 4 is 32.6 Å². The lowest BCUT2D eigenvalue weighted by Gasteiger charge is -2.29. The van der Waals surface area contributed by atoms with E-state index in [1.807, 2.05) is 48.5 Å². The SMILES string of the molecule is COc1cccc2sc(N(Cc3cccnc3)C(=O)C3COc4ccccc4O3)nc12. The van der Waals surface area contributed by atoms with Gasteiger partial charge in [-0.25, -0.2) is 4.98 Å². The lowest BCUT2D eigenvalue weighted by atomic mass is 10.2. The van der Waals surface area contributed by atoms with Crippen LogP contribution in [0, 0.1) is 0 Å². The molecule has 0 aliphatic carbocycles. The fourth-order valence-corrected chi connectivity index (χ4v) is 4.41. The number of thiazole rings is 1. The average Bonchev–Trinajstić information content (AvgIpc) is 3.26. The maximum atomic E-state index is 13.6. The Morgan fingerprint density at radius 1 is 1.16 bits per heavy atom. The fraction of sp³-hybridized carbons (Fsp3) is 0.174. The van der Waals surface area contributed by atoms with Crippen LogP contribution in [0.3, 0.4) is 0 Å². The molecule has 1 aliphatic heterocycles. The van der Waals surface area contributed by atoms with E-state index in [9.17, 15) is 4.79 Å². The number of methoxy groups -OCH3 is 1. The molecule has 156 valence electrons. The third kappa shape index (κ3) is 3.77. The number of pyridine rings is 1. The van der Waals surface area contributed by atoms with Crippen molar-refractivity contribution in [1.82, 2.24) is 9.97 Å². The van der Waals surface area contributed by atoms with Gasteiger partial charge in [-0.3, -0.25) is 14.7 Å². The Kier molecular flexibility index (Phi) is 5.13. The third-order valence-electron chi connectivity index (χ3n) is 4.94. The Bertz CT molecular complexity index is 1230. The van der Waals surface area contributed by atoms with Gasteiger partial charge in [-0.1, -0.05) is 35.6 Å². The van der Waals surface area contributed by atoms with E-state index in [4.69, 9.17) is 19.2 Å². The number of nitrogens with zero attached hydrogens (tertiary/aromatic N) is 3. The second kappa shape index (κ2) is 8.23. The first-order valence-corrected chi connectivity index (χ1v) is 10.6. The highest BCUT2D eigenvalue weighted by molar-refractivity contribution is 7.22. The molecule has 7 nitrogen and oxygen atoms in total. The predicted octanol–water partition coefficient (Wildman–Crippen LogP) is 4.07. The molecule has 2 aromatic carbocycles. The van der Waals surface area contributed by atoms with E-state index in [0.717, 1.165) is 15.8 Å². The van der Waals surface area contributed by atoms with Crippen LogP contribution < -0.4 is 19.1 Å². The molecule has 0 fully saturated rings. The number of ether oxygens (including phenoxy) is 3. The summed E-state index contributed by atoms with van der Waals surface area (Å²) < 4.78 is 18.1. The molecule has 1 atom stereocenters. The molecule has 4 aromatic rings. The second-order valence-electron chi connectivity index (χ2n) is 6.95. The molecule has 0 bridgehead atoms. The van der Waals surface area contributed by atoms with Crippen LogP contribution in [0.1, 0.15) is 5.56 Å². The zero-order valence-corrected chi connectivity index (χ0v) is 17.5. The van der Waals surface area contributed by atoms with Gasteiger partial charge in [0.05, 0.1) is 18.4 Å². The van der Waals surface area contributed by atoms with Crippen molar-refractivity contribution in [1.29, 1.82) is 0 Å². The van der Waals surface area contributed by atoms with Crippen LogP contribution in [0.15, 0.2) is 67.0 Å². The van der Waals surface area contributed by atoms with Gasteiger partial charge in [0.1, 0.15) is 17.9 Å². The van der Waals surface area contributed by atoms with E-state index in [1.165, 1.54) is 11.3 Å². The summed E-state index contributed by atoms with van der Waals surface area (Å²) in [6.07, 6.45) is 2.66. The number of carbonyl (C=O) groups is 1. The molecule has 0 saturated carbocycles.